The maximum Gasteiger partial charge on any atom is 0.124 e. The van der Waals surface area contributed by atoms with Crippen LogP contribution in [0.1, 0.15) is 0 Å². The van der Waals surface area contributed by atoms with Crippen LogP contribution in [0.2, 0.25) is 5.02 Å². The number of pyridine rings is 1. The topological polar surface area (TPSA) is 38.9 Å². The van der Waals surface area contributed by atoms with Crippen LogP contribution in [0.3, 0.4) is 0 Å². The Labute approximate surface area is 68.8 Å². The molecule has 54 valence electrons. The highest BCUT2D eigenvalue weighted by molar-refractivity contribution is 7.98. The van der Waals surface area contributed by atoms with Gasteiger partial charge in [0.2, 0.25) is 0 Å². The Morgan fingerprint density at radius 1 is 1.70 bits per heavy atom. The van der Waals surface area contributed by atoms with Crippen molar-refractivity contribution in [2.75, 3.05) is 12.0 Å². The largest absolute Gasteiger partial charge is 0.384 e. The summed E-state index contributed by atoms with van der Waals surface area (Å²) in [6.45, 7) is 0. The summed E-state index contributed by atoms with van der Waals surface area (Å²) in [6.07, 6.45) is 3.61. The van der Waals surface area contributed by atoms with Crippen molar-refractivity contribution in [3.8, 4) is 0 Å². The number of nitrogens with two attached hydrogens (primary N) is 1. The van der Waals surface area contributed by atoms with Gasteiger partial charge in [0.05, 0.1) is 5.02 Å². The average molecular weight is 175 g/mol. The van der Waals surface area contributed by atoms with E-state index in [2.05, 4.69) is 4.98 Å². The predicted octanol–water partition coefficient (Wildman–Crippen LogP) is 2.04. The summed E-state index contributed by atoms with van der Waals surface area (Å²) in [5, 5.41) is 0.667. The number of anilines is 1. The number of rotatable bonds is 1. The van der Waals surface area contributed by atoms with E-state index < -0.39 is 0 Å². The van der Waals surface area contributed by atoms with Gasteiger partial charge in [0, 0.05) is 17.2 Å². The minimum Gasteiger partial charge on any atom is -0.384 e. The number of nitrogen functional groups attached to an aromatic ring is 1. The Bertz CT molecular complexity index is 239. The fourth-order valence-electron chi connectivity index (χ4n) is 0.583. The zero-order valence-electron chi connectivity index (χ0n) is 5.47. The third-order valence-electron chi connectivity index (χ3n) is 1.06. The number of halogens is 1. The lowest BCUT2D eigenvalue weighted by molar-refractivity contribution is 1.25. The third-order valence-corrected chi connectivity index (χ3v) is 2.25. The predicted molar refractivity (Wildman–Crippen MR) is 45.4 cm³/mol. The first-order valence-corrected chi connectivity index (χ1v) is 4.29. The van der Waals surface area contributed by atoms with E-state index in [9.17, 15) is 0 Å². The summed E-state index contributed by atoms with van der Waals surface area (Å²) in [6, 6.07) is 1.65. The first kappa shape index (κ1) is 7.69. The van der Waals surface area contributed by atoms with Gasteiger partial charge in [0.15, 0.2) is 0 Å². The Balaban J connectivity index is 3.07. The number of thioether (sulfide) groups is 1. The number of nitrogens with zero attached hydrogens (tertiary/aromatic N) is 1. The zero-order chi connectivity index (χ0) is 7.56. The molecule has 10 heavy (non-hydrogen) atoms. The smallest absolute Gasteiger partial charge is 0.124 e. The molecule has 1 aromatic heterocycles. The van der Waals surface area contributed by atoms with Gasteiger partial charge in [0.25, 0.3) is 0 Å². The highest BCUT2D eigenvalue weighted by atomic mass is 35.5. The van der Waals surface area contributed by atoms with Crippen molar-refractivity contribution in [2.24, 2.45) is 0 Å². The van der Waals surface area contributed by atoms with E-state index in [-0.39, 0.29) is 0 Å². The number of hydrogen-bond donors (Lipinski definition) is 1. The Morgan fingerprint density at radius 2 is 2.40 bits per heavy atom. The lowest BCUT2D eigenvalue weighted by Crippen LogP contribution is -1.88. The molecule has 0 saturated heterocycles. The monoisotopic (exact) mass is 174 g/mol. The van der Waals surface area contributed by atoms with Crippen molar-refractivity contribution >= 4 is 29.2 Å². The molecular weight excluding hydrogens is 168 g/mol. The molecule has 4 heteroatoms. The molecule has 0 saturated carbocycles. The minimum absolute atomic E-state index is 0.461. The second-order valence-electron chi connectivity index (χ2n) is 1.74. The van der Waals surface area contributed by atoms with Gasteiger partial charge in [-0.15, -0.1) is 11.8 Å². The van der Waals surface area contributed by atoms with Crippen molar-refractivity contribution < 1.29 is 0 Å². The summed E-state index contributed by atoms with van der Waals surface area (Å²) in [7, 11) is 0. The lowest BCUT2D eigenvalue weighted by Gasteiger charge is -1.98. The Hall–Kier alpha value is -0.410. The fourth-order valence-corrected chi connectivity index (χ4v) is 1.39. The molecule has 1 heterocycles. The highest BCUT2D eigenvalue weighted by Gasteiger charge is 1.97. The second kappa shape index (κ2) is 3.12. The number of aromatic nitrogens is 1. The van der Waals surface area contributed by atoms with E-state index in [1.165, 1.54) is 0 Å². The first-order valence-electron chi connectivity index (χ1n) is 2.69. The molecule has 0 amide bonds. The van der Waals surface area contributed by atoms with E-state index in [4.69, 9.17) is 17.3 Å². The van der Waals surface area contributed by atoms with Crippen LogP contribution in [-0.2, 0) is 0 Å². The summed E-state index contributed by atoms with van der Waals surface area (Å²) < 4.78 is 0. The van der Waals surface area contributed by atoms with Crippen LogP contribution in [0.25, 0.3) is 0 Å². The van der Waals surface area contributed by atoms with Crippen LogP contribution < -0.4 is 5.73 Å². The van der Waals surface area contributed by atoms with Crippen LogP contribution in [0.5, 0.6) is 0 Å². The molecule has 0 unspecified atom stereocenters. The van der Waals surface area contributed by atoms with Crippen molar-refractivity contribution in [3.63, 3.8) is 0 Å². The Morgan fingerprint density at radius 3 is 2.90 bits per heavy atom. The minimum atomic E-state index is 0.461. The first-order chi connectivity index (χ1) is 4.74. The van der Waals surface area contributed by atoms with Gasteiger partial charge in [-0.1, -0.05) is 11.6 Å². The SMILES string of the molecule is CSc1cnc(N)cc1Cl. The zero-order valence-corrected chi connectivity index (χ0v) is 7.04. The van der Waals surface area contributed by atoms with Crippen molar-refractivity contribution in [2.45, 2.75) is 4.90 Å². The quantitative estimate of drug-likeness (QED) is 0.663. The van der Waals surface area contributed by atoms with Gasteiger partial charge >= 0.3 is 0 Å². The molecule has 0 aromatic carbocycles. The summed E-state index contributed by atoms with van der Waals surface area (Å²) >= 11 is 7.34. The van der Waals surface area contributed by atoms with Gasteiger partial charge in [-0.2, -0.15) is 0 Å². The van der Waals surface area contributed by atoms with Crippen LogP contribution in [0.4, 0.5) is 5.82 Å². The van der Waals surface area contributed by atoms with Crippen molar-refractivity contribution in [1.29, 1.82) is 0 Å². The Kier molecular flexibility index (Phi) is 2.40. The highest BCUT2D eigenvalue weighted by Crippen LogP contribution is 2.24. The second-order valence-corrected chi connectivity index (χ2v) is 3.00. The molecule has 2 nitrogen and oxygen atoms in total. The molecule has 0 bridgehead atoms. The summed E-state index contributed by atoms with van der Waals surface area (Å²) in [5.74, 6) is 0.461. The molecule has 0 radical (unpaired) electrons. The molecule has 0 spiro atoms. The molecule has 0 aliphatic rings. The van der Waals surface area contributed by atoms with Gasteiger partial charge in [-0.05, 0) is 6.26 Å². The van der Waals surface area contributed by atoms with E-state index in [0.717, 1.165) is 4.90 Å². The number of hydrogen-bond acceptors (Lipinski definition) is 3. The maximum atomic E-state index is 5.79. The van der Waals surface area contributed by atoms with E-state index in [1.807, 2.05) is 6.26 Å². The lowest BCUT2D eigenvalue weighted by atomic mass is 10.5. The molecular formula is C6H7ClN2S. The average Bonchev–Trinajstić information content (AvgIpc) is 1.88. The van der Waals surface area contributed by atoms with E-state index in [1.54, 1.807) is 24.0 Å². The summed E-state index contributed by atoms with van der Waals surface area (Å²) in [5.41, 5.74) is 5.38. The van der Waals surface area contributed by atoms with E-state index >= 15 is 0 Å². The molecule has 1 aromatic rings. The molecule has 0 atom stereocenters. The summed E-state index contributed by atoms with van der Waals surface area (Å²) in [4.78, 5) is 4.84. The maximum absolute atomic E-state index is 5.79. The third kappa shape index (κ3) is 1.55. The van der Waals surface area contributed by atoms with Crippen molar-refractivity contribution in [3.05, 3.63) is 17.3 Å². The van der Waals surface area contributed by atoms with Gasteiger partial charge < -0.3 is 5.73 Å². The molecule has 0 fully saturated rings. The molecule has 2 N–H and O–H groups in total. The molecule has 0 aliphatic carbocycles. The van der Waals surface area contributed by atoms with E-state index in [0.29, 0.717) is 10.8 Å². The molecule has 1 rings (SSSR count). The van der Waals surface area contributed by atoms with Crippen LogP contribution in [-0.4, -0.2) is 11.2 Å². The van der Waals surface area contributed by atoms with Crippen LogP contribution in [0, 0.1) is 0 Å². The van der Waals surface area contributed by atoms with Gasteiger partial charge in [0.1, 0.15) is 5.82 Å². The van der Waals surface area contributed by atoms with Crippen LogP contribution >= 0.6 is 23.4 Å². The van der Waals surface area contributed by atoms with Gasteiger partial charge in [-0.3, -0.25) is 0 Å². The van der Waals surface area contributed by atoms with Gasteiger partial charge in [-0.25, -0.2) is 4.98 Å². The standard InChI is InChI=1S/C6H7ClN2S/c1-10-5-3-9-6(8)2-4(5)7/h2-3H,1H3,(H2,8,9). The van der Waals surface area contributed by atoms with Crippen LogP contribution in [0.15, 0.2) is 17.2 Å². The molecule has 0 aliphatic heterocycles. The normalized spacial score (nSPS) is 9.80. The fraction of sp³-hybridized carbons (Fsp3) is 0.167. The van der Waals surface area contributed by atoms with Crippen molar-refractivity contribution in [1.82, 2.24) is 4.98 Å².